The van der Waals surface area contributed by atoms with Crippen LogP contribution in [0.25, 0.3) is 0 Å². The number of carbonyl (C=O) groups is 3. The second kappa shape index (κ2) is 8.17. The fourth-order valence-electron chi connectivity index (χ4n) is 5.70. The molecule has 0 aromatic heterocycles. The Hall–Kier alpha value is -2.87. The van der Waals surface area contributed by atoms with Gasteiger partial charge in [0.2, 0.25) is 11.8 Å². The summed E-state index contributed by atoms with van der Waals surface area (Å²) in [5, 5.41) is 0. The molecule has 0 aliphatic carbocycles. The zero-order chi connectivity index (χ0) is 23.3. The van der Waals surface area contributed by atoms with Crippen molar-refractivity contribution in [1.29, 1.82) is 0 Å². The molecule has 8 heteroatoms. The summed E-state index contributed by atoms with van der Waals surface area (Å²) in [5.41, 5.74) is 0.367. The van der Waals surface area contributed by atoms with Crippen molar-refractivity contribution in [2.24, 2.45) is 11.8 Å². The molecule has 2 aromatic rings. The van der Waals surface area contributed by atoms with Gasteiger partial charge in [0.25, 0.3) is 0 Å². The zero-order valence-electron chi connectivity index (χ0n) is 18.5. The van der Waals surface area contributed by atoms with E-state index in [4.69, 9.17) is 9.47 Å². The lowest BCUT2D eigenvalue weighted by molar-refractivity contribution is -0.170. The van der Waals surface area contributed by atoms with E-state index < -0.39 is 23.5 Å². The van der Waals surface area contributed by atoms with Gasteiger partial charge in [0.1, 0.15) is 17.8 Å². The lowest BCUT2D eigenvalue weighted by Crippen LogP contribution is -2.67. The summed E-state index contributed by atoms with van der Waals surface area (Å²) < 4.78 is 12.3. The van der Waals surface area contributed by atoms with Crippen molar-refractivity contribution >= 4 is 33.7 Å². The minimum Gasteiger partial charge on any atom is -0.493 e. The Bertz CT molecular complexity index is 1120. The highest BCUT2D eigenvalue weighted by Gasteiger charge is 2.69. The molecule has 0 saturated carbocycles. The number of rotatable bonds is 4. The molecular weight excluding hydrogens is 488 g/mol. The number of esters is 1. The van der Waals surface area contributed by atoms with Crippen LogP contribution in [0.3, 0.4) is 0 Å². The number of carbonyl (C=O) groups excluding carboxylic acids is 3. The van der Waals surface area contributed by atoms with E-state index in [0.717, 1.165) is 15.6 Å². The van der Waals surface area contributed by atoms with Crippen molar-refractivity contribution in [3.63, 3.8) is 0 Å². The second-order valence-electron chi connectivity index (χ2n) is 8.89. The van der Waals surface area contributed by atoms with Crippen LogP contribution in [0.4, 0.5) is 0 Å². The number of hydrogen-bond donors (Lipinski definition) is 0. The topological polar surface area (TPSA) is 76.2 Å². The SMILES string of the molecule is CCOC(=O)C1C2COc3ccc(Br)cc3C2N2C(=O)CN(Cc3ccccc3)C(=O)[C@@]12C. The van der Waals surface area contributed by atoms with Crippen molar-refractivity contribution in [2.45, 2.75) is 32.0 Å². The lowest BCUT2D eigenvalue weighted by Gasteiger charge is -2.47. The summed E-state index contributed by atoms with van der Waals surface area (Å²) >= 11 is 3.51. The average molecular weight is 513 g/mol. The number of ether oxygens (including phenoxy) is 2. The first-order valence-corrected chi connectivity index (χ1v) is 11.9. The van der Waals surface area contributed by atoms with Crippen LogP contribution in [0.2, 0.25) is 0 Å². The normalized spacial score (nSPS) is 28.0. The van der Waals surface area contributed by atoms with Crippen LogP contribution in [-0.2, 0) is 25.7 Å². The molecule has 0 spiro atoms. The third kappa shape index (κ3) is 3.34. The molecule has 4 atom stereocenters. The third-order valence-corrected chi connectivity index (χ3v) is 7.50. The van der Waals surface area contributed by atoms with Gasteiger partial charge < -0.3 is 19.3 Å². The van der Waals surface area contributed by atoms with Gasteiger partial charge in [-0.25, -0.2) is 0 Å². The Kier molecular flexibility index (Phi) is 5.43. The van der Waals surface area contributed by atoms with E-state index in [9.17, 15) is 14.4 Å². The van der Waals surface area contributed by atoms with Gasteiger partial charge in [-0.2, -0.15) is 0 Å². The number of fused-ring (bicyclic) bond motifs is 5. The molecule has 0 radical (unpaired) electrons. The summed E-state index contributed by atoms with van der Waals surface area (Å²) in [7, 11) is 0. The Morgan fingerprint density at radius 2 is 1.97 bits per heavy atom. The van der Waals surface area contributed by atoms with Crippen molar-refractivity contribution in [2.75, 3.05) is 19.8 Å². The summed E-state index contributed by atoms with van der Waals surface area (Å²) in [5.74, 6) is -1.44. The molecule has 3 unspecified atom stereocenters. The number of nitrogens with zero attached hydrogens (tertiary/aromatic N) is 2. The molecule has 3 aliphatic rings. The van der Waals surface area contributed by atoms with Crippen LogP contribution < -0.4 is 4.74 Å². The van der Waals surface area contributed by atoms with Crippen molar-refractivity contribution in [1.82, 2.24) is 9.80 Å². The lowest BCUT2D eigenvalue weighted by atomic mass is 9.77. The summed E-state index contributed by atoms with van der Waals surface area (Å²) in [4.78, 5) is 44.1. The molecular formula is C25H25BrN2O5. The van der Waals surface area contributed by atoms with Crippen LogP contribution in [-0.4, -0.2) is 52.9 Å². The second-order valence-corrected chi connectivity index (χ2v) is 9.81. The van der Waals surface area contributed by atoms with E-state index in [1.807, 2.05) is 48.5 Å². The molecule has 2 aromatic carbocycles. The largest absolute Gasteiger partial charge is 0.493 e. The standard InChI is InChI=1S/C25H25BrN2O5/c1-3-32-23(30)21-18-14-33-19-10-9-16(26)11-17(19)22(18)28-20(29)13-27(24(31)25(21,28)2)12-15-7-5-4-6-8-15/h4-11,18,21-22H,3,12-14H2,1-2H3/t18?,21?,22?,25-/m1/s1. The van der Waals surface area contributed by atoms with Gasteiger partial charge in [-0.3, -0.25) is 14.4 Å². The number of halogens is 1. The Morgan fingerprint density at radius 3 is 2.70 bits per heavy atom. The van der Waals surface area contributed by atoms with Gasteiger partial charge in [0.05, 0.1) is 25.2 Å². The van der Waals surface area contributed by atoms with Crippen LogP contribution in [0.15, 0.2) is 53.0 Å². The Balaban J connectivity index is 1.61. The first-order valence-electron chi connectivity index (χ1n) is 11.1. The number of benzene rings is 2. The summed E-state index contributed by atoms with van der Waals surface area (Å²) in [6.45, 7) is 4.14. The van der Waals surface area contributed by atoms with Crippen LogP contribution in [0.1, 0.15) is 31.0 Å². The van der Waals surface area contributed by atoms with Crippen LogP contribution in [0, 0.1) is 11.8 Å². The van der Waals surface area contributed by atoms with Gasteiger partial charge >= 0.3 is 5.97 Å². The maximum Gasteiger partial charge on any atom is 0.312 e. The average Bonchev–Trinajstić information content (AvgIpc) is 3.08. The summed E-state index contributed by atoms with van der Waals surface area (Å²) in [6.07, 6.45) is 0. The van der Waals surface area contributed by atoms with Crippen LogP contribution in [0.5, 0.6) is 5.75 Å². The predicted molar refractivity (Wildman–Crippen MR) is 123 cm³/mol. The zero-order valence-corrected chi connectivity index (χ0v) is 20.1. The van der Waals surface area contributed by atoms with Gasteiger partial charge in [0, 0.05) is 22.5 Å². The monoisotopic (exact) mass is 512 g/mol. The molecule has 0 bridgehead atoms. The highest BCUT2D eigenvalue weighted by atomic mass is 79.9. The van der Waals surface area contributed by atoms with Crippen molar-refractivity contribution in [3.8, 4) is 5.75 Å². The molecule has 0 N–H and O–H groups in total. The molecule has 2 fully saturated rings. The van der Waals surface area contributed by atoms with Crippen molar-refractivity contribution in [3.05, 3.63) is 64.1 Å². The van der Waals surface area contributed by atoms with E-state index in [-0.39, 0.29) is 37.5 Å². The fourth-order valence-corrected chi connectivity index (χ4v) is 6.08. The molecule has 2 amide bonds. The van der Waals surface area contributed by atoms with Gasteiger partial charge in [-0.1, -0.05) is 46.3 Å². The van der Waals surface area contributed by atoms with Gasteiger partial charge in [-0.05, 0) is 37.6 Å². The van der Waals surface area contributed by atoms with E-state index in [0.29, 0.717) is 12.3 Å². The van der Waals surface area contributed by atoms with E-state index in [1.54, 1.807) is 23.6 Å². The summed E-state index contributed by atoms with van der Waals surface area (Å²) in [6, 6.07) is 14.7. The first-order chi connectivity index (χ1) is 15.9. The van der Waals surface area contributed by atoms with E-state index >= 15 is 0 Å². The quantitative estimate of drug-likeness (QED) is 0.587. The van der Waals surface area contributed by atoms with Crippen molar-refractivity contribution < 1.29 is 23.9 Å². The molecule has 3 aliphatic heterocycles. The smallest absolute Gasteiger partial charge is 0.312 e. The van der Waals surface area contributed by atoms with Gasteiger partial charge in [0.15, 0.2) is 0 Å². The highest BCUT2D eigenvalue weighted by molar-refractivity contribution is 9.10. The predicted octanol–water partition coefficient (Wildman–Crippen LogP) is 3.32. The van der Waals surface area contributed by atoms with Crippen LogP contribution >= 0.6 is 15.9 Å². The highest BCUT2D eigenvalue weighted by Crippen LogP contribution is 2.57. The molecule has 33 heavy (non-hydrogen) atoms. The molecule has 172 valence electrons. The Labute approximate surface area is 200 Å². The number of hydrogen-bond acceptors (Lipinski definition) is 5. The molecule has 2 saturated heterocycles. The number of amides is 2. The third-order valence-electron chi connectivity index (χ3n) is 7.01. The fraction of sp³-hybridized carbons (Fsp3) is 0.400. The minimum atomic E-state index is -1.36. The number of piperazine rings is 1. The van der Waals surface area contributed by atoms with Gasteiger partial charge in [-0.15, -0.1) is 0 Å². The molecule has 3 heterocycles. The van der Waals surface area contributed by atoms with E-state index in [1.165, 1.54) is 0 Å². The first kappa shape index (κ1) is 21.9. The molecule has 5 rings (SSSR count). The maximum absolute atomic E-state index is 14.0. The minimum absolute atomic E-state index is 0.0354. The Morgan fingerprint density at radius 1 is 1.21 bits per heavy atom. The molecule has 7 nitrogen and oxygen atoms in total. The van der Waals surface area contributed by atoms with E-state index in [2.05, 4.69) is 15.9 Å². The maximum atomic E-state index is 14.0.